The fourth-order valence-electron chi connectivity index (χ4n) is 3.51. The van der Waals surface area contributed by atoms with Crippen LogP contribution in [0.1, 0.15) is 12.8 Å². The third-order valence-corrected chi connectivity index (χ3v) is 6.21. The highest BCUT2D eigenvalue weighted by Gasteiger charge is 2.17. The third kappa shape index (κ3) is 4.25. The van der Waals surface area contributed by atoms with Crippen LogP contribution >= 0.6 is 11.8 Å². The van der Waals surface area contributed by atoms with Gasteiger partial charge in [-0.2, -0.15) is 4.98 Å². The average molecular weight is 433 g/mol. The molecule has 1 aliphatic rings. The lowest BCUT2D eigenvalue weighted by Crippen LogP contribution is -2.11. The first-order chi connectivity index (χ1) is 15.3. The molecule has 0 amide bonds. The van der Waals surface area contributed by atoms with E-state index in [9.17, 15) is 4.39 Å². The summed E-state index contributed by atoms with van der Waals surface area (Å²) in [6, 6.07) is 16.3. The lowest BCUT2D eigenvalue weighted by Gasteiger charge is -2.12. The topological polar surface area (TPSA) is 67.7 Å². The predicted octanol–water partition coefficient (Wildman–Crippen LogP) is 5.52. The van der Waals surface area contributed by atoms with Crippen LogP contribution < -0.4 is 10.6 Å². The Kier molecular flexibility index (Phi) is 5.54. The van der Waals surface area contributed by atoms with Crippen LogP contribution in [0.5, 0.6) is 0 Å². The zero-order valence-electron chi connectivity index (χ0n) is 16.7. The molecule has 8 heteroatoms. The van der Waals surface area contributed by atoms with Gasteiger partial charge in [-0.3, -0.25) is 4.57 Å². The van der Waals surface area contributed by atoms with Gasteiger partial charge >= 0.3 is 0 Å². The molecule has 2 N–H and O–H groups in total. The lowest BCUT2D eigenvalue weighted by atomic mass is 10.2. The number of hydrogen-bond donors (Lipinski definition) is 2. The van der Waals surface area contributed by atoms with Crippen molar-refractivity contribution < 1.29 is 4.39 Å². The molecule has 1 atom stereocenters. The van der Waals surface area contributed by atoms with Gasteiger partial charge in [0.15, 0.2) is 5.65 Å². The molecule has 0 aliphatic carbocycles. The smallest absolute Gasteiger partial charge is 0.224 e. The first kappa shape index (κ1) is 19.6. The summed E-state index contributed by atoms with van der Waals surface area (Å²) in [5, 5.41) is 9.21. The number of para-hydroxylation sites is 2. The van der Waals surface area contributed by atoms with Crippen molar-refractivity contribution in [3.05, 3.63) is 78.1 Å². The van der Waals surface area contributed by atoms with Gasteiger partial charge in [0, 0.05) is 11.8 Å². The van der Waals surface area contributed by atoms with Crippen LogP contribution in [-0.2, 0) is 0 Å². The first-order valence-electron chi connectivity index (χ1n) is 10.1. The fraction of sp³-hybridized carbons (Fsp3) is 0.174. The molecular formula is C23H21FN6S. The number of imidazole rings is 1. The van der Waals surface area contributed by atoms with Gasteiger partial charge in [0.05, 0.1) is 17.6 Å². The molecule has 0 saturated heterocycles. The van der Waals surface area contributed by atoms with Crippen molar-refractivity contribution in [3.8, 4) is 5.69 Å². The molecule has 0 bridgehead atoms. The van der Waals surface area contributed by atoms with E-state index in [4.69, 9.17) is 4.98 Å². The van der Waals surface area contributed by atoms with Gasteiger partial charge in [0.25, 0.3) is 0 Å². The van der Waals surface area contributed by atoms with E-state index in [-0.39, 0.29) is 5.82 Å². The number of rotatable bonds is 7. The molecule has 0 saturated carbocycles. The molecule has 1 aliphatic heterocycles. The standard InChI is InChI=1S/C23H21FN6S/c24-18-10-4-5-11-19(18)27-23-28-20-15-26-22(25-13-12-17-9-6-14-31-17)29-21(20)30(23)16-7-2-1-3-8-16/h1-8,10-11,14-15,17H,9,12-13H2,(H,27,28)(H,25,26,29)/t17-/m1/s1. The van der Waals surface area contributed by atoms with E-state index in [1.807, 2.05) is 46.7 Å². The number of anilines is 3. The van der Waals surface area contributed by atoms with Gasteiger partial charge in [-0.1, -0.05) is 36.4 Å². The predicted molar refractivity (Wildman–Crippen MR) is 125 cm³/mol. The zero-order chi connectivity index (χ0) is 21.0. The highest BCUT2D eigenvalue weighted by Crippen LogP contribution is 2.28. The number of fused-ring (bicyclic) bond motifs is 1. The monoisotopic (exact) mass is 432 g/mol. The van der Waals surface area contributed by atoms with Crippen LogP contribution in [0.4, 0.5) is 22.0 Å². The summed E-state index contributed by atoms with van der Waals surface area (Å²) in [5.41, 5.74) is 2.51. The van der Waals surface area contributed by atoms with E-state index in [0.29, 0.717) is 34.0 Å². The van der Waals surface area contributed by atoms with Crippen LogP contribution in [0.15, 0.2) is 72.3 Å². The Morgan fingerprint density at radius 2 is 1.90 bits per heavy atom. The Morgan fingerprint density at radius 1 is 1.06 bits per heavy atom. The van der Waals surface area contributed by atoms with Gasteiger partial charge < -0.3 is 10.6 Å². The first-order valence-corrected chi connectivity index (χ1v) is 11.1. The number of hydrogen-bond acceptors (Lipinski definition) is 6. The van der Waals surface area contributed by atoms with Gasteiger partial charge in [-0.25, -0.2) is 14.4 Å². The highest BCUT2D eigenvalue weighted by molar-refractivity contribution is 8.03. The number of thioether (sulfide) groups is 1. The fourth-order valence-corrected chi connectivity index (χ4v) is 4.43. The summed E-state index contributed by atoms with van der Waals surface area (Å²) in [6.45, 7) is 0.796. The second-order valence-corrected chi connectivity index (χ2v) is 8.41. The molecule has 31 heavy (non-hydrogen) atoms. The van der Waals surface area contributed by atoms with Crippen molar-refractivity contribution in [2.45, 2.75) is 18.1 Å². The van der Waals surface area contributed by atoms with Crippen molar-refractivity contribution in [1.82, 2.24) is 19.5 Å². The molecule has 0 fully saturated rings. The number of allylic oxidation sites excluding steroid dienone is 1. The Balaban J connectivity index is 1.48. The van der Waals surface area contributed by atoms with E-state index < -0.39 is 0 Å². The largest absolute Gasteiger partial charge is 0.354 e. The summed E-state index contributed by atoms with van der Waals surface area (Å²) in [7, 11) is 0. The second kappa shape index (κ2) is 8.77. The molecule has 0 unspecified atom stereocenters. The number of nitrogens with one attached hydrogen (secondary N) is 2. The summed E-state index contributed by atoms with van der Waals surface area (Å²) >= 11 is 1.87. The SMILES string of the molecule is Fc1ccccc1Nc1nc2cnc(NCC[C@H]3CC=CS3)nc2n1-c1ccccc1. The van der Waals surface area contributed by atoms with Gasteiger partial charge in [-0.05, 0) is 42.5 Å². The van der Waals surface area contributed by atoms with E-state index in [0.717, 1.165) is 25.1 Å². The minimum atomic E-state index is -0.345. The molecule has 2 aromatic heterocycles. The summed E-state index contributed by atoms with van der Waals surface area (Å²) in [5.74, 6) is 0.686. The maximum Gasteiger partial charge on any atom is 0.224 e. The zero-order valence-corrected chi connectivity index (χ0v) is 17.5. The number of nitrogens with zero attached hydrogens (tertiary/aromatic N) is 4. The van der Waals surface area contributed by atoms with Crippen molar-refractivity contribution in [3.63, 3.8) is 0 Å². The quantitative estimate of drug-likeness (QED) is 0.401. The average Bonchev–Trinajstić information content (AvgIpc) is 3.43. The van der Waals surface area contributed by atoms with E-state index >= 15 is 0 Å². The molecular weight excluding hydrogens is 411 g/mol. The maximum absolute atomic E-state index is 14.3. The Labute approximate surface area is 183 Å². The summed E-state index contributed by atoms with van der Waals surface area (Å²) in [4.78, 5) is 13.8. The highest BCUT2D eigenvalue weighted by atomic mass is 32.2. The number of aromatic nitrogens is 4. The molecule has 3 heterocycles. The Morgan fingerprint density at radius 3 is 2.71 bits per heavy atom. The van der Waals surface area contributed by atoms with E-state index in [2.05, 4.69) is 32.1 Å². The molecule has 0 spiro atoms. The van der Waals surface area contributed by atoms with Crippen molar-refractivity contribution in [2.75, 3.05) is 17.2 Å². The van der Waals surface area contributed by atoms with E-state index in [1.54, 1.807) is 24.4 Å². The minimum absolute atomic E-state index is 0.345. The number of halogens is 1. The molecule has 5 rings (SSSR count). The van der Waals surface area contributed by atoms with Crippen LogP contribution in [0.25, 0.3) is 16.9 Å². The summed E-state index contributed by atoms with van der Waals surface area (Å²) in [6.07, 6.45) is 6.05. The van der Waals surface area contributed by atoms with Crippen molar-refractivity contribution in [2.24, 2.45) is 0 Å². The minimum Gasteiger partial charge on any atom is -0.354 e. The van der Waals surface area contributed by atoms with Crippen LogP contribution in [0.2, 0.25) is 0 Å². The van der Waals surface area contributed by atoms with Gasteiger partial charge in [0.2, 0.25) is 11.9 Å². The lowest BCUT2D eigenvalue weighted by molar-refractivity contribution is 0.631. The van der Waals surface area contributed by atoms with Crippen LogP contribution in [0.3, 0.4) is 0 Å². The van der Waals surface area contributed by atoms with Gasteiger partial charge in [0.1, 0.15) is 11.3 Å². The summed E-state index contributed by atoms with van der Waals surface area (Å²) < 4.78 is 16.1. The molecule has 0 radical (unpaired) electrons. The van der Waals surface area contributed by atoms with Crippen molar-refractivity contribution in [1.29, 1.82) is 0 Å². The van der Waals surface area contributed by atoms with Crippen molar-refractivity contribution >= 4 is 40.5 Å². The third-order valence-electron chi connectivity index (χ3n) is 5.05. The number of benzene rings is 2. The Hall–Kier alpha value is -3.39. The van der Waals surface area contributed by atoms with Crippen LogP contribution in [0, 0.1) is 5.82 Å². The second-order valence-electron chi connectivity index (χ2n) is 7.19. The van der Waals surface area contributed by atoms with E-state index in [1.165, 1.54) is 6.07 Å². The molecule has 6 nitrogen and oxygen atoms in total. The van der Waals surface area contributed by atoms with Crippen LogP contribution in [-0.4, -0.2) is 31.3 Å². The Bertz CT molecular complexity index is 1220. The molecule has 4 aromatic rings. The molecule has 2 aromatic carbocycles. The van der Waals surface area contributed by atoms with Gasteiger partial charge in [-0.15, -0.1) is 11.8 Å². The maximum atomic E-state index is 14.3. The normalized spacial score (nSPS) is 15.5. The molecule has 156 valence electrons.